The van der Waals surface area contributed by atoms with Gasteiger partial charge in [-0.25, -0.2) is 4.79 Å². The zero-order valence-electron chi connectivity index (χ0n) is 13.0. The van der Waals surface area contributed by atoms with Crippen molar-refractivity contribution in [3.8, 4) is 0 Å². The van der Waals surface area contributed by atoms with Crippen molar-refractivity contribution in [2.45, 2.75) is 12.6 Å². The molecule has 0 radical (unpaired) electrons. The summed E-state index contributed by atoms with van der Waals surface area (Å²) in [6.07, 6.45) is 1.07. The van der Waals surface area contributed by atoms with Gasteiger partial charge in [-0.15, -0.1) is 0 Å². The van der Waals surface area contributed by atoms with Crippen LogP contribution in [0.5, 0.6) is 0 Å². The Morgan fingerprint density at radius 2 is 1.96 bits per heavy atom. The van der Waals surface area contributed by atoms with Crippen LogP contribution in [0, 0.1) is 0 Å². The molecule has 126 valence electrons. The Morgan fingerprint density at radius 3 is 2.52 bits per heavy atom. The molecule has 1 unspecified atom stereocenters. The lowest BCUT2D eigenvalue weighted by atomic mass is 10.2. The van der Waals surface area contributed by atoms with Gasteiger partial charge < -0.3 is 20.1 Å². The number of thioether (sulfide) groups is 1. The average Bonchev–Trinajstić information content (AvgIpc) is 2.52. The lowest BCUT2D eigenvalue weighted by Gasteiger charge is -2.22. The largest absolute Gasteiger partial charge is 0.480 e. The van der Waals surface area contributed by atoms with E-state index >= 15 is 0 Å². The maximum absolute atomic E-state index is 12.2. The van der Waals surface area contributed by atoms with Crippen molar-refractivity contribution in [2.24, 2.45) is 0 Å². The number of likely N-dealkylation sites (N-methyl/N-ethyl adjacent to an activating group) is 1. The Balaban J connectivity index is 2.55. The molecule has 7 nitrogen and oxygen atoms in total. The first-order chi connectivity index (χ1) is 10.9. The van der Waals surface area contributed by atoms with Crippen LogP contribution in [-0.2, 0) is 20.9 Å². The first-order valence-electron chi connectivity index (χ1n) is 6.87. The molecule has 0 saturated heterocycles. The van der Waals surface area contributed by atoms with Gasteiger partial charge in [0.2, 0.25) is 5.91 Å². The predicted molar refractivity (Wildman–Crippen MR) is 87.2 cm³/mol. The van der Waals surface area contributed by atoms with Gasteiger partial charge in [-0.3, -0.25) is 9.59 Å². The molecule has 0 aliphatic heterocycles. The summed E-state index contributed by atoms with van der Waals surface area (Å²) in [4.78, 5) is 35.7. The fourth-order valence-electron chi connectivity index (χ4n) is 1.80. The fraction of sp³-hybridized carbons (Fsp3) is 0.400. The Morgan fingerprint density at radius 1 is 1.30 bits per heavy atom. The summed E-state index contributed by atoms with van der Waals surface area (Å²) in [5.41, 5.74) is 0.832. The zero-order chi connectivity index (χ0) is 17.2. The second-order valence-corrected chi connectivity index (χ2v) is 5.71. The Bertz CT molecular complexity index is 538. The lowest BCUT2D eigenvalue weighted by Crippen LogP contribution is -2.50. The Hall–Kier alpha value is -2.22. The van der Waals surface area contributed by atoms with Gasteiger partial charge in [0, 0.05) is 12.8 Å². The highest BCUT2D eigenvalue weighted by atomic mass is 32.2. The first-order valence-corrected chi connectivity index (χ1v) is 8.26. The molecule has 2 N–H and O–H groups in total. The number of ether oxygens (including phenoxy) is 1. The van der Waals surface area contributed by atoms with Crippen LogP contribution in [0.1, 0.15) is 5.56 Å². The average molecular weight is 340 g/mol. The summed E-state index contributed by atoms with van der Waals surface area (Å²) in [7, 11) is 1.38. The van der Waals surface area contributed by atoms with Crippen LogP contribution in [-0.4, -0.2) is 59.6 Å². The summed E-state index contributed by atoms with van der Waals surface area (Å²) in [5, 5.41) is 11.2. The smallest absolute Gasteiger partial charge is 0.408 e. The van der Waals surface area contributed by atoms with E-state index in [0.717, 1.165) is 10.5 Å². The number of carbonyl (C=O) groups is 3. The van der Waals surface area contributed by atoms with E-state index in [1.54, 1.807) is 6.26 Å². The molecule has 23 heavy (non-hydrogen) atoms. The van der Waals surface area contributed by atoms with E-state index in [1.807, 2.05) is 30.3 Å². The summed E-state index contributed by atoms with van der Waals surface area (Å²) in [6.45, 7) is -0.331. The Kier molecular flexibility index (Phi) is 7.96. The van der Waals surface area contributed by atoms with Crippen LogP contribution in [0.3, 0.4) is 0 Å². The quantitative estimate of drug-likeness (QED) is 0.738. The molecule has 0 spiro atoms. The van der Waals surface area contributed by atoms with Crippen LogP contribution in [0.25, 0.3) is 0 Å². The van der Waals surface area contributed by atoms with E-state index in [2.05, 4.69) is 5.32 Å². The molecule has 0 heterocycles. The third-order valence-electron chi connectivity index (χ3n) is 2.88. The first kappa shape index (κ1) is 18.8. The number of nitrogens with zero attached hydrogens (tertiary/aromatic N) is 1. The number of hydrogen-bond donors (Lipinski definition) is 2. The van der Waals surface area contributed by atoms with E-state index in [9.17, 15) is 14.4 Å². The molecule has 1 rings (SSSR count). The monoisotopic (exact) mass is 340 g/mol. The number of alkyl carbamates (subject to hydrolysis) is 1. The number of benzene rings is 1. The molecular formula is C15H20N2O5S. The van der Waals surface area contributed by atoms with Gasteiger partial charge >= 0.3 is 12.1 Å². The van der Waals surface area contributed by atoms with Crippen LogP contribution in [0.15, 0.2) is 30.3 Å². The van der Waals surface area contributed by atoms with Crippen LogP contribution < -0.4 is 5.32 Å². The minimum Gasteiger partial charge on any atom is -0.480 e. The van der Waals surface area contributed by atoms with Crippen molar-refractivity contribution in [1.82, 2.24) is 10.2 Å². The topological polar surface area (TPSA) is 95.9 Å². The van der Waals surface area contributed by atoms with Crippen molar-refractivity contribution in [3.63, 3.8) is 0 Å². The number of carboxylic acids is 1. The highest BCUT2D eigenvalue weighted by Crippen LogP contribution is 2.04. The van der Waals surface area contributed by atoms with E-state index in [4.69, 9.17) is 9.84 Å². The molecule has 8 heteroatoms. The van der Waals surface area contributed by atoms with Gasteiger partial charge in [-0.05, 0) is 11.8 Å². The van der Waals surface area contributed by atoms with E-state index < -0.39 is 30.6 Å². The van der Waals surface area contributed by atoms with Crippen LogP contribution in [0.2, 0.25) is 0 Å². The van der Waals surface area contributed by atoms with Gasteiger partial charge in [0.25, 0.3) is 0 Å². The van der Waals surface area contributed by atoms with Crippen molar-refractivity contribution >= 4 is 29.7 Å². The standard InChI is InChI=1S/C15H20N2O5S/c1-17(8-13(18)19)14(20)12(10-23-2)16-15(21)22-9-11-6-4-3-5-7-11/h3-7,12H,8-10H2,1-2H3,(H,16,21)(H,18,19). The fourth-order valence-corrected chi connectivity index (χ4v) is 2.35. The molecule has 2 amide bonds. The van der Waals surface area contributed by atoms with Gasteiger partial charge in [-0.2, -0.15) is 11.8 Å². The van der Waals surface area contributed by atoms with Gasteiger partial charge in [0.1, 0.15) is 19.2 Å². The van der Waals surface area contributed by atoms with Gasteiger partial charge in [0.05, 0.1) is 0 Å². The second-order valence-electron chi connectivity index (χ2n) is 4.80. The van der Waals surface area contributed by atoms with Crippen molar-refractivity contribution in [1.29, 1.82) is 0 Å². The predicted octanol–water partition coefficient (Wildman–Crippen LogP) is 1.19. The number of nitrogens with one attached hydrogen (secondary N) is 1. The molecular weight excluding hydrogens is 320 g/mol. The van der Waals surface area contributed by atoms with Gasteiger partial charge in [0.15, 0.2) is 0 Å². The molecule has 0 bridgehead atoms. The summed E-state index contributed by atoms with van der Waals surface area (Å²) in [5.74, 6) is -1.27. The second kappa shape index (κ2) is 9.73. The summed E-state index contributed by atoms with van der Waals surface area (Å²) < 4.78 is 5.07. The maximum atomic E-state index is 12.2. The molecule has 0 aliphatic carbocycles. The number of amides is 2. The third-order valence-corrected chi connectivity index (χ3v) is 3.55. The van der Waals surface area contributed by atoms with Crippen molar-refractivity contribution in [2.75, 3.05) is 25.6 Å². The van der Waals surface area contributed by atoms with Gasteiger partial charge in [-0.1, -0.05) is 30.3 Å². The minimum absolute atomic E-state index is 0.0951. The van der Waals surface area contributed by atoms with E-state index in [1.165, 1.54) is 18.8 Å². The highest BCUT2D eigenvalue weighted by Gasteiger charge is 2.25. The minimum atomic E-state index is -1.12. The van der Waals surface area contributed by atoms with E-state index in [-0.39, 0.29) is 6.61 Å². The molecule has 0 fully saturated rings. The van der Waals surface area contributed by atoms with E-state index in [0.29, 0.717) is 5.75 Å². The SMILES string of the molecule is CSCC(NC(=O)OCc1ccccc1)C(=O)N(C)CC(=O)O. The summed E-state index contributed by atoms with van der Waals surface area (Å²) in [6, 6.07) is 8.32. The molecule has 1 aromatic rings. The molecule has 1 aromatic carbocycles. The Labute approximate surface area is 139 Å². The number of carboxylic acid groups (broad SMARTS) is 1. The number of rotatable bonds is 8. The normalized spacial score (nSPS) is 11.4. The van der Waals surface area contributed by atoms with Crippen LogP contribution in [0.4, 0.5) is 4.79 Å². The van der Waals surface area contributed by atoms with Crippen LogP contribution >= 0.6 is 11.8 Å². The highest BCUT2D eigenvalue weighted by molar-refractivity contribution is 7.98. The number of aliphatic carboxylic acids is 1. The van der Waals surface area contributed by atoms with Crippen molar-refractivity contribution < 1.29 is 24.2 Å². The molecule has 0 aliphatic rings. The molecule has 0 saturated carbocycles. The lowest BCUT2D eigenvalue weighted by molar-refractivity contribution is -0.143. The van der Waals surface area contributed by atoms with Crippen molar-refractivity contribution in [3.05, 3.63) is 35.9 Å². The number of carbonyl (C=O) groups excluding carboxylic acids is 2. The third kappa shape index (κ3) is 7.05. The summed E-state index contributed by atoms with van der Waals surface area (Å²) >= 11 is 1.37. The zero-order valence-corrected chi connectivity index (χ0v) is 13.8. The number of hydrogen-bond acceptors (Lipinski definition) is 5. The maximum Gasteiger partial charge on any atom is 0.408 e. The molecule has 0 aromatic heterocycles. The molecule has 1 atom stereocenters.